The largest absolute Gasteiger partial charge is 0.383 e. The van der Waals surface area contributed by atoms with Crippen molar-refractivity contribution >= 4 is 5.82 Å². The first-order chi connectivity index (χ1) is 13.2. The van der Waals surface area contributed by atoms with Crippen molar-refractivity contribution in [3.05, 3.63) is 78.4 Å². The summed E-state index contributed by atoms with van der Waals surface area (Å²) in [5.74, 6) is 0.192. The van der Waals surface area contributed by atoms with Gasteiger partial charge >= 0.3 is 0 Å². The number of nitrogens with two attached hydrogens (primary N) is 1. The first kappa shape index (κ1) is 16.5. The van der Waals surface area contributed by atoms with E-state index in [9.17, 15) is 5.26 Å². The zero-order valence-electron chi connectivity index (χ0n) is 14.7. The Hall–Kier alpha value is -3.98. The molecule has 0 amide bonds. The molecule has 6 heteroatoms. The molecule has 1 aromatic carbocycles. The van der Waals surface area contributed by atoms with Gasteiger partial charge in [-0.15, -0.1) is 0 Å². The van der Waals surface area contributed by atoms with Crippen molar-refractivity contribution in [3.8, 4) is 34.1 Å². The highest BCUT2D eigenvalue weighted by atomic mass is 15.3. The van der Waals surface area contributed by atoms with E-state index in [0.717, 1.165) is 22.4 Å². The molecule has 3 aromatic heterocycles. The van der Waals surface area contributed by atoms with Crippen LogP contribution < -0.4 is 5.73 Å². The maximum atomic E-state index is 9.49. The Morgan fingerprint density at radius 1 is 1.07 bits per heavy atom. The number of aromatic nitrogens is 4. The normalized spacial score (nSPS) is 10.5. The lowest BCUT2D eigenvalue weighted by Gasteiger charge is -2.08. The highest BCUT2D eigenvalue weighted by molar-refractivity contribution is 5.79. The van der Waals surface area contributed by atoms with E-state index in [1.165, 1.54) is 0 Å². The Bertz CT molecular complexity index is 1160. The van der Waals surface area contributed by atoms with Crippen LogP contribution in [0.4, 0.5) is 5.82 Å². The van der Waals surface area contributed by atoms with Crippen molar-refractivity contribution in [2.75, 3.05) is 5.73 Å². The van der Waals surface area contributed by atoms with Gasteiger partial charge in [0.05, 0.1) is 17.6 Å². The third-order valence-corrected chi connectivity index (χ3v) is 4.28. The van der Waals surface area contributed by atoms with Gasteiger partial charge in [-0.1, -0.05) is 18.2 Å². The van der Waals surface area contributed by atoms with E-state index >= 15 is 0 Å². The van der Waals surface area contributed by atoms with Crippen molar-refractivity contribution in [1.29, 1.82) is 5.26 Å². The third kappa shape index (κ3) is 3.14. The Kier molecular flexibility index (Phi) is 4.11. The maximum Gasteiger partial charge on any atom is 0.142 e. The third-order valence-electron chi connectivity index (χ3n) is 4.28. The Balaban J connectivity index is 1.82. The van der Waals surface area contributed by atoms with Crippen LogP contribution in [0.15, 0.2) is 67.3 Å². The van der Waals surface area contributed by atoms with Crippen LogP contribution in [0.1, 0.15) is 11.1 Å². The summed E-state index contributed by atoms with van der Waals surface area (Å²) in [6.07, 6.45) is 7.03. The topological polar surface area (TPSA) is 93.4 Å². The molecule has 0 aliphatic heterocycles. The van der Waals surface area contributed by atoms with Gasteiger partial charge in [-0.2, -0.15) is 10.4 Å². The molecule has 0 fully saturated rings. The molecule has 130 valence electrons. The molecule has 6 nitrogen and oxygen atoms in total. The first-order valence-electron chi connectivity index (χ1n) is 8.39. The number of nitriles is 1. The number of pyridine rings is 2. The molecule has 0 saturated heterocycles. The Morgan fingerprint density at radius 2 is 1.96 bits per heavy atom. The molecule has 0 saturated carbocycles. The summed E-state index contributed by atoms with van der Waals surface area (Å²) in [7, 11) is 0. The van der Waals surface area contributed by atoms with Crippen LogP contribution in [0.5, 0.6) is 0 Å². The highest BCUT2D eigenvalue weighted by Crippen LogP contribution is 2.30. The van der Waals surface area contributed by atoms with Crippen molar-refractivity contribution in [2.24, 2.45) is 0 Å². The van der Waals surface area contributed by atoms with Crippen molar-refractivity contribution in [1.82, 2.24) is 19.7 Å². The first-order valence-corrected chi connectivity index (χ1v) is 8.39. The van der Waals surface area contributed by atoms with Crippen LogP contribution in [0, 0.1) is 18.3 Å². The molecule has 3 heterocycles. The average Bonchev–Trinajstić information content (AvgIpc) is 3.18. The molecular weight excluding hydrogens is 336 g/mol. The molecular formula is C21H16N6. The van der Waals surface area contributed by atoms with Crippen LogP contribution in [0.25, 0.3) is 28.1 Å². The molecule has 0 bridgehead atoms. The van der Waals surface area contributed by atoms with Gasteiger partial charge in [-0.25, -0.2) is 9.67 Å². The van der Waals surface area contributed by atoms with E-state index in [-0.39, 0.29) is 5.82 Å². The molecule has 0 atom stereocenters. The minimum Gasteiger partial charge on any atom is -0.383 e. The number of anilines is 1. The molecule has 0 aliphatic carbocycles. The van der Waals surface area contributed by atoms with Crippen LogP contribution in [0.3, 0.4) is 0 Å². The lowest BCUT2D eigenvalue weighted by molar-refractivity contribution is 0.879. The predicted molar refractivity (Wildman–Crippen MR) is 104 cm³/mol. The summed E-state index contributed by atoms with van der Waals surface area (Å²) < 4.78 is 1.79. The summed E-state index contributed by atoms with van der Waals surface area (Å²) >= 11 is 0. The smallest absolute Gasteiger partial charge is 0.142 e. The minimum absolute atomic E-state index is 0.192. The predicted octanol–water partition coefficient (Wildman–Crippen LogP) is 3.76. The zero-order chi connectivity index (χ0) is 18.8. The Labute approximate surface area is 156 Å². The Morgan fingerprint density at radius 3 is 2.70 bits per heavy atom. The van der Waals surface area contributed by atoms with E-state index in [0.29, 0.717) is 16.8 Å². The average molecular weight is 352 g/mol. The summed E-state index contributed by atoms with van der Waals surface area (Å²) in [5, 5.41) is 13.9. The zero-order valence-corrected chi connectivity index (χ0v) is 14.7. The standard InChI is InChI=1S/C21H16N6/c1-14-4-2-6-17(8-14)27-13-16(12-25-27)20-9-18(15-5-3-7-24-11-15)19(10-22)21(23)26-20/h2-9,11-13H,1H3,(H2,23,26). The maximum absolute atomic E-state index is 9.49. The number of rotatable bonds is 3. The fourth-order valence-electron chi connectivity index (χ4n) is 2.95. The van der Waals surface area contributed by atoms with E-state index in [1.54, 1.807) is 23.3 Å². The van der Waals surface area contributed by atoms with Crippen molar-refractivity contribution in [2.45, 2.75) is 6.92 Å². The number of aryl methyl sites for hydroxylation is 1. The number of hydrogen-bond acceptors (Lipinski definition) is 5. The summed E-state index contributed by atoms with van der Waals surface area (Å²) in [5.41, 5.74) is 11.5. The second-order valence-corrected chi connectivity index (χ2v) is 6.18. The molecule has 0 radical (unpaired) electrons. The fourth-order valence-corrected chi connectivity index (χ4v) is 2.95. The van der Waals surface area contributed by atoms with E-state index in [2.05, 4.69) is 27.2 Å². The lowest BCUT2D eigenvalue weighted by Crippen LogP contribution is -1.99. The van der Waals surface area contributed by atoms with Crippen LogP contribution in [-0.2, 0) is 0 Å². The molecule has 0 spiro atoms. The lowest BCUT2D eigenvalue weighted by atomic mass is 10.0. The van der Waals surface area contributed by atoms with Gasteiger partial charge in [-0.3, -0.25) is 4.98 Å². The number of nitrogens with zero attached hydrogens (tertiary/aromatic N) is 5. The van der Waals surface area contributed by atoms with E-state index in [4.69, 9.17) is 5.73 Å². The van der Waals surface area contributed by atoms with E-state index in [1.807, 2.05) is 49.5 Å². The van der Waals surface area contributed by atoms with Gasteiger partial charge in [0.25, 0.3) is 0 Å². The quantitative estimate of drug-likeness (QED) is 0.606. The fraction of sp³-hybridized carbons (Fsp3) is 0.0476. The molecule has 4 rings (SSSR count). The second-order valence-electron chi connectivity index (χ2n) is 6.18. The van der Waals surface area contributed by atoms with Gasteiger partial charge in [0, 0.05) is 35.3 Å². The van der Waals surface area contributed by atoms with Gasteiger partial charge in [0.1, 0.15) is 17.5 Å². The van der Waals surface area contributed by atoms with Crippen LogP contribution >= 0.6 is 0 Å². The summed E-state index contributed by atoms with van der Waals surface area (Å²) in [6.45, 7) is 2.04. The van der Waals surface area contributed by atoms with Crippen molar-refractivity contribution in [3.63, 3.8) is 0 Å². The van der Waals surface area contributed by atoms with E-state index < -0.39 is 0 Å². The number of nitrogen functional groups attached to an aromatic ring is 1. The molecule has 27 heavy (non-hydrogen) atoms. The van der Waals surface area contributed by atoms with Gasteiger partial charge < -0.3 is 5.73 Å². The summed E-state index contributed by atoms with van der Waals surface area (Å²) in [6, 6.07) is 15.8. The molecule has 4 aromatic rings. The molecule has 0 unspecified atom stereocenters. The molecule has 0 aliphatic rings. The summed E-state index contributed by atoms with van der Waals surface area (Å²) in [4.78, 5) is 8.54. The van der Waals surface area contributed by atoms with Gasteiger partial charge in [-0.05, 0) is 36.8 Å². The van der Waals surface area contributed by atoms with Gasteiger partial charge in [0.2, 0.25) is 0 Å². The highest BCUT2D eigenvalue weighted by Gasteiger charge is 2.14. The van der Waals surface area contributed by atoms with Crippen LogP contribution in [-0.4, -0.2) is 19.7 Å². The van der Waals surface area contributed by atoms with Crippen molar-refractivity contribution < 1.29 is 0 Å². The van der Waals surface area contributed by atoms with Gasteiger partial charge in [0.15, 0.2) is 0 Å². The number of benzene rings is 1. The second kappa shape index (κ2) is 6.73. The SMILES string of the molecule is Cc1cccc(-n2cc(-c3cc(-c4cccnc4)c(C#N)c(N)n3)cn2)c1. The monoisotopic (exact) mass is 352 g/mol. The number of hydrogen-bond donors (Lipinski definition) is 1. The molecule has 2 N–H and O–H groups in total. The van der Waals surface area contributed by atoms with Crippen LogP contribution in [0.2, 0.25) is 0 Å². The minimum atomic E-state index is 0.192.